The minimum absolute atomic E-state index is 0.0615. The zero-order chi connectivity index (χ0) is 19.7. The summed E-state index contributed by atoms with van der Waals surface area (Å²) in [4.78, 5) is 23.3. The van der Waals surface area contributed by atoms with Crippen molar-refractivity contribution < 1.29 is 23.6 Å². The van der Waals surface area contributed by atoms with Crippen molar-refractivity contribution in [3.63, 3.8) is 0 Å². The lowest BCUT2D eigenvalue weighted by Crippen LogP contribution is -2.21. The zero-order valence-electron chi connectivity index (χ0n) is 15.3. The molecule has 0 spiro atoms. The second-order valence-corrected chi connectivity index (χ2v) is 7.38. The smallest absolute Gasteiger partial charge is 0.326 e. The zero-order valence-corrected chi connectivity index (χ0v) is 16.1. The number of pyridine rings is 1. The van der Waals surface area contributed by atoms with Crippen molar-refractivity contribution in [2.24, 2.45) is 0 Å². The van der Waals surface area contributed by atoms with Gasteiger partial charge in [-0.3, -0.25) is 9.78 Å². The molecule has 0 amide bonds. The van der Waals surface area contributed by atoms with Crippen molar-refractivity contribution in [2.75, 3.05) is 14.2 Å². The Bertz CT molecular complexity index is 1050. The fourth-order valence-corrected chi connectivity index (χ4v) is 4.17. The van der Waals surface area contributed by atoms with Crippen LogP contribution in [0.2, 0.25) is 0 Å². The van der Waals surface area contributed by atoms with E-state index in [9.17, 15) is 14.1 Å². The van der Waals surface area contributed by atoms with Gasteiger partial charge < -0.3 is 19.6 Å². The van der Waals surface area contributed by atoms with Crippen LogP contribution in [0.15, 0.2) is 29.6 Å². The molecule has 8 nitrogen and oxygen atoms in total. The molecule has 3 rings (SSSR count). The van der Waals surface area contributed by atoms with E-state index in [1.54, 1.807) is 25.1 Å². The van der Waals surface area contributed by atoms with Gasteiger partial charge in [0.15, 0.2) is 10.4 Å². The van der Waals surface area contributed by atoms with Crippen LogP contribution in [0.5, 0.6) is 11.5 Å². The van der Waals surface area contributed by atoms with Crippen LogP contribution in [0.1, 0.15) is 22.1 Å². The minimum Gasteiger partial charge on any atom is -0.497 e. The Labute approximate surface area is 158 Å². The molecule has 0 aliphatic carbocycles. The maximum Gasteiger partial charge on any atom is 0.326 e. The van der Waals surface area contributed by atoms with Crippen molar-refractivity contribution in [3.05, 3.63) is 41.2 Å². The number of rotatable bonds is 6. The normalized spacial score (nSPS) is 13.3. The Morgan fingerprint density at radius 2 is 2.00 bits per heavy atom. The number of carboxylic acid groups (broad SMARTS) is 1. The predicted octanol–water partition coefficient (Wildman–Crippen LogP) is 2.53. The Balaban J connectivity index is 2.08. The predicted molar refractivity (Wildman–Crippen MR) is 99.7 cm³/mol. The number of nitrogens with zero attached hydrogens (tertiary/aromatic N) is 2. The number of H-pyrrole nitrogens is 1. The number of benzene rings is 1. The number of aromatic amines is 1. The molecule has 2 N–H and O–H groups in total. The molecule has 9 heteroatoms. The Morgan fingerprint density at radius 1 is 1.26 bits per heavy atom. The standard InChI is InChI=1S/C18H19N3O5S/c1-9-8-19-14(10(2)15(9)26-4)16(17(22)23)27(24)18-20-12-6-5-11(25-3)7-13(12)21-18/h5-8,16H,1-4H3,(H,20,21)(H,22,23). The van der Waals surface area contributed by atoms with E-state index >= 15 is 0 Å². The molecule has 2 aromatic heterocycles. The van der Waals surface area contributed by atoms with Gasteiger partial charge in [-0.25, -0.2) is 9.19 Å². The van der Waals surface area contributed by atoms with Crippen molar-refractivity contribution in [1.29, 1.82) is 0 Å². The first-order chi connectivity index (χ1) is 12.9. The maximum atomic E-state index is 13.1. The first-order valence-corrected chi connectivity index (χ1v) is 9.26. The van der Waals surface area contributed by atoms with Gasteiger partial charge in [-0.2, -0.15) is 0 Å². The molecular weight excluding hydrogens is 370 g/mol. The third-order valence-electron chi connectivity index (χ3n) is 4.23. The van der Waals surface area contributed by atoms with Crippen LogP contribution in [0, 0.1) is 13.8 Å². The van der Waals surface area contributed by atoms with Gasteiger partial charge in [0.25, 0.3) is 0 Å². The lowest BCUT2D eigenvalue weighted by molar-refractivity contribution is -0.136. The fourth-order valence-electron chi connectivity index (χ4n) is 2.92. The Kier molecular flexibility index (Phi) is 5.13. The van der Waals surface area contributed by atoms with Crippen molar-refractivity contribution in [2.45, 2.75) is 24.3 Å². The molecule has 0 saturated heterocycles. The van der Waals surface area contributed by atoms with Crippen LogP contribution in [0.3, 0.4) is 0 Å². The number of ether oxygens (including phenoxy) is 2. The molecule has 0 saturated carbocycles. The molecule has 2 atom stereocenters. The first kappa shape index (κ1) is 18.8. The van der Waals surface area contributed by atoms with Gasteiger partial charge in [-0.15, -0.1) is 0 Å². The van der Waals surface area contributed by atoms with E-state index in [1.807, 2.05) is 6.92 Å². The first-order valence-electron chi connectivity index (χ1n) is 8.04. The van der Waals surface area contributed by atoms with Crippen LogP contribution < -0.4 is 9.47 Å². The summed E-state index contributed by atoms with van der Waals surface area (Å²) in [5.41, 5.74) is 2.66. The average molecular weight is 389 g/mol. The highest BCUT2D eigenvalue weighted by molar-refractivity contribution is 7.85. The average Bonchev–Trinajstić information content (AvgIpc) is 3.07. The number of hydrogen-bond acceptors (Lipinski definition) is 6. The Hall–Kier alpha value is -2.94. The summed E-state index contributed by atoms with van der Waals surface area (Å²) < 4.78 is 23.6. The number of imidazole rings is 1. The molecule has 1 aromatic carbocycles. The fraction of sp³-hybridized carbons (Fsp3) is 0.278. The second kappa shape index (κ2) is 7.36. The molecular formula is C18H19N3O5S. The summed E-state index contributed by atoms with van der Waals surface area (Å²) in [6.45, 7) is 3.51. The van der Waals surface area contributed by atoms with Crippen LogP contribution in [0.25, 0.3) is 11.0 Å². The molecule has 0 aliphatic rings. The van der Waals surface area contributed by atoms with Crippen LogP contribution >= 0.6 is 0 Å². The monoisotopic (exact) mass is 389 g/mol. The molecule has 0 bridgehead atoms. The maximum absolute atomic E-state index is 13.1. The van der Waals surface area contributed by atoms with Gasteiger partial charge in [0.2, 0.25) is 0 Å². The van der Waals surface area contributed by atoms with Crippen LogP contribution in [0.4, 0.5) is 0 Å². The van der Waals surface area contributed by atoms with E-state index in [-0.39, 0.29) is 10.9 Å². The lowest BCUT2D eigenvalue weighted by Gasteiger charge is -2.16. The quantitative estimate of drug-likeness (QED) is 0.666. The van der Waals surface area contributed by atoms with Crippen molar-refractivity contribution in [3.8, 4) is 11.5 Å². The number of nitrogens with one attached hydrogen (secondary N) is 1. The molecule has 0 radical (unpaired) electrons. The Morgan fingerprint density at radius 3 is 2.63 bits per heavy atom. The highest BCUT2D eigenvalue weighted by Gasteiger charge is 2.34. The molecule has 3 aromatic rings. The lowest BCUT2D eigenvalue weighted by atomic mass is 10.1. The van der Waals surface area contributed by atoms with E-state index in [1.165, 1.54) is 20.4 Å². The van der Waals surface area contributed by atoms with E-state index < -0.39 is 22.0 Å². The molecule has 0 aliphatic heterocycles. The van der Waals surface area contributed by atoms with Gasteiger partial charge in [-0.1, -0.05) is 0 Å². The third-order valence-corrected chi connectivity index (χ3v) is 5.66. The summed E-state index contributed by atoms with van der Waals surface area (Å²) in [7, 11) is 1.04. The summed E-state index contributed by atoms with van der Waals surface area (Å²) in [6.07, 6.45) is 1.51. The minimum atomic E-state index is -2.00. The van der Waals surface area contributed by atoms with Gasteiger partial charge in [0.1, 0.15) is 22.3 Å². The summed E-state index contributed by atoms with van der Waals surface area (Å²) in [5, 5.41) is 8.41. The molecule has 0 fully saturated rings. The number of hydrogen-bond donors (Lipinski definition) is 2. The van der Waals surface area contributed by atoms with Gasteiger partial charge >= 0.3 is 5.97 Å². The van der Waals surface area contributed by atoms with Gasteiger partial charge in [0, 0.05) is 23.4 Å². The van der Waals surface area contributed by atoms with Crippen molar-refractivity contribution >= 4 is 27.8 Å². The number of aromatic nitrogens is 3. The second-order valence-electron chi connectivity index (χ2n) is 5.93. The van der Waals surface area contributed by atoms with Crippen LogP contribution in [-0.4, -0.2) is 44.5 Å². The number of aliphatic carboxylic acids is 1. The highest BCUT2D eigenvalue weighted by Crippen LogP contribution is 2.32. The molecule has 2 heterocycles. The van der Waals surface area contributed by atoms with Crippen molar-refractivity contribution in [1.82, 2.24) is 15.0 Å². The third kappa shape index (κ3) is 3.37. The highest BCUT2D eigenvalue weighted by atomic mass is 32.2. The molecule has 142 valence electrons. The molecule has 2 unspecified atom stereocenters. The number of methoxy groups -OCH3 is 2. The van der Waals surface area contributed by atoms with Gasteiger partial charge in [-0.05, 0) is 26.0 Å². The van der Waals surface area contributed by atoms with Gasteiger partial charge in [0.05, 0.1) is 30.9 Å². The van der Waals surface area contributed by atoms with E-state index in [2.05, 4.69) is 15.0 Å². The van der Waals surface area contributed by atoms with E-state index in [0.29, 0.717) is 28.1 Å². The number of carbonyl (C=O) groups is 1. The van der Waals surface area contributed by atoms with Crippen LogP contribution in [-0.2, 0) is 15.6 Å². The number of carboxylic acids is 1. The SMILES string of the molecule is COc1ccc2nc(S(=O)C(C(=O)O)c3ncc(C)c(OC)c3C)[nH]c2c1. The number of aryl methyl sites for hydroxylation is 1. The summed E-state index contributed by atoms with van der Waals surface area (Å²) in [6, 6.07) is 5.14. The number of fused-ring (bicyclic) bond motifs is 1. The summed E-state index contributed by atoms with van der Waals surface area (Å²) >= 11 is 0. The topological polar surface area (TPSA) is 114 Å². The van der Waals surface area contributed by atoms with E-state index in [0.717, 1.165) is 5.56 Å². The summed E-state index contributed by atoms with van der Waals surface area (Å²) in [5.74, 6) is -0.121. The largest absolute Gasteiger partial charge is 0.497 e. The molecule has 27 heavy (non-hydrogen) atoms. The van der Waals surface area contributed by atoms with E-state index in [4.69, 9.17) is 9.47 Å².